The molecule has 0 unspecified atom stereocenters. The van der Waals surface area contributed by atoms with E-state index in [1.807, 2.05) is 0 Å². The molecule has 2 rings (SSSR count). The lowest BCUT2D eigenvalue weighted by Gasteiger charge is -2.34. The van der Waals surface area contributed by atoms with Crippen LogP contribution in [0.4, 0.5) is 13.2 Å². The molecule has 0 fully saturated rings. The number of para-hydroxylation sites is 1. The number of rotatable bonds is 1. The summed E-state index contributed by atoms with van der Waals surface area (Å²) >= 11 is 0. The molecule has 1 aliphatic heterocycles. The molecule has 0 saturated heterocycles. The number of hydrogen-bond donors (Lipinski definition) is 2. The highest BCUT2D eigenvalue weighted by atomic mass is 19.4. The SMILES string of the molecule is O=C(O)C1=Cc2ccccc2O[C@]1(O)C(F)(F)F. The van der Waals surface area contributed by atoms with Crippen LogP contribution in [-0.4, -0.2) is 28.1 Å². The Bertz CT molecular complexity index is 535. The van der Waals surface area contributed by atoms with Crippen molar-refractivity contribution < 1.29 is 32.9 Å². The van der Waals surface area contributed by atoms with Gasteiger partial charge in [-0.25, -0.2) is 4.79 Å². The van der Waals surface area contributed by atoms with Gasteiger partial charge in [-0.1, -0.05) is 18.2 Å². The molecule has 1 heterocycles. The van der Waals surface area contributed by atoms with Crippen molar-refractivity contribution in [3.8, 4) is 5.75 Å². The van der Waals surface area contributed by atoms with Crippen LogP contribution in [0.2, 0.25) is 0 Å². The Morgan fingerprint density at radius 3 is 2.44 bits per heavy atom. The molecule has 0 radical (unpaired) electrons. The lowest BCUT2D eigenvalue weighted by molar-refractivity contribution is -0.316. The van der Waals surface area contributed by atoms with Gasteiger partial charge >= 0.3 is 17.9 Å². The van der Waals surface area contributed by atoms with Crippen LogP contribution >= 0.6 is 0 Å². The summed E-state index contributed by atoms with van der Waals surface area (Å²) in [4.78, 5) is 10.8. The summed E-state index contributed by atoms with van der Waals surface area (Å²) in [6.07, 6.45) is -4.51. The molecule has 0 amide bonds. The van der Waals surface area contributed by atoms with Gasteiger partial charge in [-0.15, -0.1) is 0 Å². The minimum absolute atomic E-state index is 0.156. The molecule has 1 aromatic carbocycles. The van der Waals surface area contributed by atoms with Crippen molar-refractivity contribution in [3.05, 3.63) is 35.4 Å². The van der Waals surface area contributed by atoms with E-state index < -0.39 is 23.5 Å². The summed E-state index contributed by atoms with van der Waals surface area (Å²) in [5.41, 5.74) is -1.11. The minimum Gasteiger partial charge on any atom is -0.478 e. The van der Waals surface area contributed by atoms with Gasteiger partial charge in [0, 0.05) is 5.56 Å². The first-order valence-electron chi connectivity index (χ1n) is 4.78. The van der Waals surface area contributed by atoms with Gasteiger partial charge in [-0.3, -0.25) is 0 Å². The van der Waals surface area contributed by atoms with Crippen LogP contribution in [-0.2, 0) is 4.79 Å². The van der Waals surface area contributed by atoms with Gasteiger partial charge in [0.05, 0.1) is 0 Å². The number of aliphatic hydroxyl groups is 1. The van der Waals surface area contributed by atoms with Gasteiger partial charge in [0.1, 0.15) is 11.3 Å². The molecule has 0 saturated carbocycles. The first kappa shape index (κ1) is 12.4. The van der Waals surface area contributed by atoms with Crippen LogP contribution < -0.4 is 4.74 Å². The molecule has 0 bridgehead atoms. The van der Waals surface area contributed by atoms with Crippen LogP contribution in [0.5, 0.6) is 5.75 Å². The monoisotopic (exact) mass is 260 g/mol. The van der Waals surface area contributed by atoms with Crippen molar-refractivity contribution in [2.75, 3.05) is 0 Å². The second kappa shape index (κ2) is 3.74. The van der Waals surface area contributed by atoms with Gasteiger partial charge in [0.2, 0.25) is 0 Å². The fourth-order valence-electron chi connectivity index (χ4n) is 1.58. The topological polar surface area (TPSA) is 66.8 Å². The van der Waals surface area contributed by atoms with Gasteiger partial charge < -0.3 is 14.9 Å². The van der Waals surface area contributed by atoms with Crippen molar-refractivity contribution in [3.63, 3.8) is 0 Å². The van der Waals surface area contributed by atoms with Crippen LogP contribution in [0.3, 0.4) is 0 Å². The number of fused-ring (bicyclic) bond motifs is 1. The number of halogens is 3. The zero-order chi connectivity index (χ0) is 13.6. The number of carboxylic acids is 1. The maximum Gasteiger partial charge on any atom is 0.460 e. The van der Waals surface area contributed by atoms with Gasteiger partial charge in [0.15, 0.2) is 0 Å². The molecule has 1 aliphatic rings. The normalized spacial score (nSPS) is 22.8. The molecule has 0 aliphatic carbocycles. The first-order valence-corrected chi connectivity index (χ1v) is 4.78. The van der Waals surface area contributed by atoms with Crippen molar-refractivity contribution in [1.29, 1.82) is 0 Å². The number of ether oxygens (including phenoxy) is 1. The largest absolute Gasteiger partial charge is 0.478 e. The summed E-state index contributed by atoms with van der Waals surface area (Å²) < 4.78 is 42.7. The number of hydrogen-bond acceptors (Lipinski definition) is 3. The Morgan fingerprint density at radius 2 is 1.89 bits per heavy atom. The van der Waals surface area contributed by atoms with Gasteiger partial charge in [0.25, 0.3) is 0 Å². The Hall–Kier alpha value is -2.02. The average Bonchev–Trinajstić information content (AvgIpc) is 2.26. The summed E-state index contributed by atoms with van der Waals surface area (Å²) in [6, 6.07) is 5.51. The third-order valence-corrected chi connectivity index (χ3v) is 2.46. The number of aliphatic carboxylic acids is 1. The van der Waals surface area contributed by atoms with E-state index in [9.17, 15) is 23.1 Å². The van der Waals surface area contributed by atoms with Crippen molar-refractivity contribution >= 4 is 12.0 Å². The smallest absolute Gasteiger partial charge is 0.460 e. The fourth-order valence-corrected chi connectivity index (χ4v) is 1.58. The van der Waals surface area contributed by atoms with E-state index in [-0.39, 0.29) is 11.3 Å². The average molecular weight is 260 g/mol. The van der Waals surface area contributed by atoms with E-state index in [0.717, 1.165) is 6.08 Å². The lowest BCUT2D eigenvalue weighted by Crippen LogP contribution is -2.54. The quantitative estimate of drug-likeness (QED) is 0.808. The van der Waals surface area contributed by atoms with Crippen LogP contribution in [0.1, 0.15) is 5.56 Å². The maximum absolute atomic E-state index is 12.8. The predicted octanol–water partition coefficient (Wildman–Crippen LogP) is 1.80. The molecule has 96 valence electrons. The number of carbonyl (C=O) groups is 1. The van der Waals surface area contributed by atoms with E-state index in [1.54, 1.807) is 0 Å². The molecule has 4 nitrogen and oxygen atoms in total. The Balaban J connectivity index is 2.63. The Morgan fingerprint density at radius 1 is 1.28 bits per heavy atom. The van der Waals surface area contributed by atoms with E-state index in [0.29, 0.717) is 0 Å². The van der Waals surface area contributed by atoms with E-state index in [2.05, 4.69) is 4.74 Å². The number of carboxylic acid groups (broad SMARTS) is 1. The molecular weight excluding hydrogens is 253 g/mol. The Kier molecular flexibility index (Phi) is 2.58. The molecule has 0 spiro atoms. The molecule has 1 aromatic rings. The van der Waals surface area contributed by atoms with Crippen LogP contribution in [0.15, 0.2) is 29.8 Å². The second-order valence-corrected chi connectivity index (χ2v) is 3.64. The third kappa shape index (κ3) is 1.72. The molecular formula is C11H7F3O4. The molecule has 1 atom stereocenters. The molecule has 2 N–H and O–H groups in total. The minimum atomic E-state index is -5.26. The zero-order valence-corrected chi connectivity index (χ0v) is 8.73. The zero-order valence-electron chi connectivity index (χ0n) is 8.73. The van der Waals surface area contributed by atoms with Gasteiger partial charge in [-0.05, 0) is 12.1 Å². The summed E-state index contributed by atoms with van der Waals surface area (Å²) in [6.45, 7) is 0. The van der Waals surface area contributed by atoms with Crippen LogP contribution in [0.25, 0.3) is 6.08 Å². The summed E-state index contributed by atoms with van der Waals surface area (Å²) in [5, 5.41) is 18.2. The van der Waals surface area contributed by atoms with Crippen molar-refractivity contribution in [2.45, 2.75) is 12.0 Å². The summed E-state index contributed by atoms with van der Waals surface area (Å²) in [5.74, 6) is -5.97. The van der Waals surface area contributed by atoms with E-state index >= 15 is 0 Å². The highest BCUT2D eigenvalue weighted by molar-refractivity contribution is 5.95. The van der Waals surface area contributed by atoms with Crippen molar-refractivity contribution in [1.82, 2.24) is 0 Å². The predicted molar refractivity (Wildman–Crippen MR) is 53.7 cm³/mol. The third-order valence-electron chi connectivity index (χ3n) is 2.46. The fraction of sp³-hybridized carbons (Fsp3) is 0.182. The summed E-state index contributed by atoms with van der Waals surface area (Å²) in [7, 11) is 0. The highest BCUT2D eigenvalue weighted by Crippen LogP contribution is 2.43. The second-order valence-electron chi connectivity index (χ2n) is 3.64. The van der Waals surface area contributed by atoms with Crippen LogP contribution in [0, 0.1) is 0 Å². The van der Waals surface area contributed by atoms with Gasteiger partial charge in [-0.2, -0.15) is 13.2 Å². The standard InChI is InChI=1S/C11H7F3O4/c12-11(13,14)10(17)7(9(15)16)5-6-3-1-2-4-8(6)18-10/h1-5,17H,(H,15,16)/t10-/m0/s1. The van der Waals surface area contributed by atoms with E-state index in [1.165, 1.54) is 24.3 Å². The number of alkyl halides is 3. The maximum atomic E-state index is 12.8. The molecule has 0 aromatic heterocycles. The van der Waals surface area contributed by atoms with E-state index in [4.69, 9.17) is 5.11 Å². The first-order chi connectivity index (χ1) is 8.25. The number of benzene rings is 1. The molecule has 7 heteroatoms. The molecule has 18 heavy (non-hydrogen) atoms. The highest BCUT2D eigenvalue weighted by Gasteiger charge is 2.62. The lowest BCUT2D eigenvalue weighted by atomic mass is 9.98. The Labute approximate surface area is 98.9 Å². The van der Waals surface area contributed by atoms with Crippen molar-refractivity contribution in [2.24, 2.45) is 0 Å².